The molecule has 0 spiro atoms. The molecule has 50 heavy (non-hydrogen) atoms. The van der Waals surface area contributed by atoms with Gasteiger partial charge in [-0.15, -0.1) is 0 Å². The van der Waals surface area contributed by atoms with Crippen molar-refractivity contribution in [1.82, 2.24) is 15.5 Å². The normalized spacial score (nSPS) is 22.2. The van der Waals surface area contributed by atoms with Crippen molar-refractivity contribution in [3.63, 3.8) is 0 Å². The molecule has 268 valence electrons. The Balaban J connectivity index is 1.16. The van der Waals surface area contributed by atoms with Gasteiger partial charge in [0.15, 0.2) is 0 Å². The van der Waals surface area contributed by atoms with E-state index in [4.69, 9.17) is 18.9 Å². The second-order valence-corrected chi connectivity index (χ2v) is 13.4. The lowest BCUT2D eigenvalue weighted by Gasteiger charge is -2.29. The van der Waals surface area contributed by atoms with Crippen molar-refractivity contribution in [2.75, 3.05) is 52.7 Å². The molecule has 0 saturated carbocycles. The van der Waals surface area contributed by atoms with Gasteiger partial charge in [0.1, 0.15) is 18.5 Å². The first-order valence-electron chi connectivity index (χ1n) is 17.8. The monoisotopic (exact) mass is 687 g/mol. The molecule has 0 radical (unpaired) electrons. The predicted octanol–water partition coefficient (Wildman–Crippen LogP) is 3.21. The fourth-order valence-corrected chi connectivity index (χ4v) is 6.98. The number of nitrogens with one attached hydrogen (secondary N) is 2. The summed E-state index contributed by atoms with van der Waals surface area (Å²) in [6, 6.07) is 23.7. The van der Waals surface area contributed by atoms with E-state index in [1.807, 2.05) is 78.9 Å². The largest absolute Gasteiger partial charge is 0.492 e. The van der Waals surface area contributed by atoms with Crippen LogP contribution in [0.25, 0.3) is 0 Å². The number of aliphatic hydroxyl groups is 2. The van der Waals surface area contributed by atoms with E-state index in [-0.39, 0.29) is 18.4 Å². The van der Waals surface area contributed by atoms with Gasteiger partial charge in [-0.2, -0.15) is 0 Å². The first-order chi connectivity index (χ1) is 24.4. The summed E-state index contributed by atoms with van der Waals surface area (Å²) in [5.74, 6) is -0.204. The molecule has 2 aliphatic heterocycles. The molecule has 2 fully saturated rings. The van der Waals surface area contributed by atoms with E-state index in [2.05, 4.69) is 15.5 Å². The molecule has 0 aromatic heterocycles. The van der Waals surface area contributed by atoms with Crippen LogP contribution in [0.3, 0.4) is 0 Å². The molecule has 1 aliphatic carbocycles. The highest BCUT2D eigenvalue weighted by atomic mass is 16.6. The van der Waals surface area contributed by atoms with Crippen LogP contribution >= 0.6 is 0 Å². The van der Waals surface area contributed by atoms with E-state index >= 15 is 0 Å². The van der Waals surface area contributed by atoms with E-state index in [1.165, 1.54) is 0 Å². The first kappa shape index (κ1) is 35.8. The highest BCUT2D eigenvalue weighted by Crippen LogP contribution is 2.32. The Kier molecular flexibility index (Phi) is 12.7. The molecule has 4 unspecified atom stereocenters. The van der Waals surface area contributed by atoms with Gasteiger partial charge in [0.25, 0.3) is 0 Å². The number of carbonyl (C=O) groups is 2. The SMILES string of the molecule is O=C(NC(Cc1ccccc1)C(O)CC(Cc1ccc(OCCN2CCOCC2)cc1)C(=O)N[C@H]1c2ccccc2C[C@@H]1O)OC1CCOC1. The zero-order valence-electron chi connectivity index (χ0n) is 28.5. The summed E-state index contributed by atoms with van der Waals surface area (Å²) in [6.07, 6.45) is -0.973. The minimum absolute atomic E-state index is 0.0679. The van der Waals surface area contributed by atoms with Crippen LogP contribution in [0.5, 0.6) is 5.75 Å². The molecule has 3 aliphatic rings. The number of aliphatic hydroxyl groups excluding tert-OH is 2. The van der Waals surface area contributed by atoms with Crippen LogP contribution in [0, 0.1) is 5.92 Å². The van der Waals surface area contributed by atoms with E-state index < -0.39 is 36.3 Å². The first-order valence-corrected chi connectivity index (χ1v) is 17.8. The van der Waals surface area contributed by atoms with Gasteiger partial charge in [-0.25, -0.2) is 4.79 Å². The van der Waals surface area contributed by atoms with Crippen molar-refractivity contribution in [3.05, 3.63) is 101 Å². The molecule has 2 heterocycles. The summed E-state index contributed by atoms with van der Waals surface area (Å²) in [6.45, 7) is 5.55. The molecule has 0 bridgehead atoms. The maximum absolute atomic E-state index is 14.1. The minimum atomic E-state index is -1.08. The molecular formula is C39H49N3O8. The summed E-state index contributed by atoms with van der Waals surface area (Å²) in [5.41, 5.74) is 3.73. The number of ether oxygens (including phenoxy) is 4. The molecule has 2 amide bonds. The topological polar surface area (TPSA) is 139 Å². The lowest BCUT2D eigenvalue weighted by Crippen LogP contribution is -2.48. The summed E-state index contributed by atoms with van der Waals surface area (Å²) in [7, 11) is 0. The van der Waals surface area contributed by atoms with Crippen LogP contribution in [0.15, 0.2) is 78.9 Å². The van der Waals surface area contributed by atoms with Gasteiger partial charge in [0, 0.05) is 38.4 Å². The third-order valence-electron chi connectivity index (χ3n) is 9.81. The molecule has 3 aromatic carbocycles. The Labute approximate surface area is 293 Å². The Hall–Kier alpha value is -4.00. The molecule has 11 heteroatoms. The summed E-state index contributed by atoms with van der Waals surface area (Å²) in [4.78, 5) is 29.4. The number of hydrogen-bond acceptors (Lipinski definition) is 9. The van der Waals surface area contributed by atoms with Gasteiger partial charge in [-0.3, -0.25) is 9.69 Å². The molecule has 2 saturated heterocycles. The Morgan fingerprint density at radius 1 is 0.900 bits per heavy atom. The zero-order chi connectivity index (χ0) is 34.7. The fraction of sp³-hybridized carbons (Fsp3) is 0.487. The van der Waals surface area contributed by atoms with Crippen LogP contribution < -0.4 is 15.4 Å². The molecule has 6 atom stereocenters. The average molecular weight is 688 g/mol. The number of nitrogens with zero attached hydrogens (tertiary/aromatic N) is 1. The molecular weight excluding hydrogens is 638 g/mol. The van der Waals surface area contributed by atoms with Crippen molar-refractivity contribution in [3.8, 4) is 5.75 Å². The van der Waals surface area contributed by atoms with E-state index in [1.54, 1.807) is 0 Å². The van der Waals surface area contributed by atoms with Gasteiger partial charge in [0.2, 0.25) is 5.91 Å². The fourth-order valence-electron chi connectivity index (χ4n) is 6.98. The van der Waals surface area contributed by atoms with Crippen LogP contribution in [-0.4, -0.2) is 104 Å². The Morgan fingerprint density at radius 2 is 1.64 bits per heavy atom. The van der Waals surface area contributed by atoms with Crippen LogP contribution in [0.4, 0.5) is 4.79 Å². The number of amides is 2. The van der Waals surface area contributed by atoms with E-state index in [0.29, 0.717) is 45.5 Å². The lowest BCUT2D eigenvalue weighted by molar-refractivity contribution is -0.127. The molecule has 6 rings (SSSR count). The molecule has 3 aromatic rings. The van der Waals surface area contributed by atoms with Crippen molar-refractivity contribution < 1.29 is 38.7 Å². The third kappa shape index (κ3) is 10.0. The van der Waals surface area contributed by atoms with Crippen LogP contribution in [-0.2, 0) is 38.3 Å². The van der Waals surface area contributed by atoms with Gasteiger partial charge in [-0.05, 0) is 53.6 Å². The summed E-state index contributed by atoms with van der Waals surface area (Å²) in [5, 5.41) is 28.6. The number of fused-ring (bicyclic) bond motifs is 1. The quantitative estimate of drug-likeness (QED) is 0.190. The Morgan fingerprint density at radius 3 is 2.40 bits per heavy atom. The van der Waals surface area contributed by atoms with Gasteiger partial charge < -0.3 is 39.8 Å². The smallest absolute Gasteiger partial charge is 0.407 e. The van der Waals surface area contributed by atoms with Gasteiger partial charge >= 0.3 is 6.09 Å². The third-order valence-corrected chi connectivity index (χ3v) is 9.81. The molecule has 11 nitrogen and oxygen atoms in total. The second-order valence-electron chi connectivity index (χ2n) is 13.4. The standard InChI is InChI=1S/C39H49N3O8/c43-35(34(23-27-6-2-1-3-7-27)40-39(46)50-32-14-18-48-26-32)25-30(38(45)41-37-33-9-5-4-8-29(33)24-36(37)44)22-28-10-12-31(13-11-28)49-21-17-42-15-19-47-20-16-42/h1-13,30,32,34-37,43-44H,14-26H2,(H,40,46)(H,41,45)/t30?,32?,34?,35?,36-,37-/m0/s1. The van der Waals surface area contributed by atoms with Gasteiger partial charge in [0.05, 0.1) is 50.7 Å². The number of alkyl carbamates (subject to hydrolysis) is 1. The maximum atomic E-state index is 14.1. The lowest BCUT2D eigenvalue weighted by atomic mass is 9.88. The number of benzene rings is 3. The predicted molar refractivity (Wildman–Crippen MR) is 187 cm³/mol. The van der Waals surface area contributed by atoms with Crippen molar-refractivity contribution in [2.24, 2.45) is 5.92 Å². The number of rotatable bonds is 15. The zero-order valence-corrected chi connectivity index (χ0v) is 28.5. The van der Waals surface area contributed by atoms with E-state index in [9.17, 15) is 19.8 Å². The highest BCUT2D eigenvalue weighted by molar-refractivity contribution is 5.80. The van der Waals surface area contributed by atoms with Crippen molar-refractivity contribution >= 4 is 12.0 Å². The number of carbonyl (C=O) groups excluding carboxylic acids is 2. The second kappa shape index (κ2) is 17.8. The summed E-state index contributed by atoms with van der Waals surface area (Å²) >= 11 is 0. The maximum Gasteiger partial charge on any atom is 0.407 e. The number of hydrogen-bond donors (Lipinski definition) is 4. The highest BCUT2D eigenvalue weighted by Gasteiger charge is 2.35. The number of morpholine rings is 1. The molecule has 4 N–H and O–H groups in total. The average Bonchev–Trinajstić information content (AvgIpc) is 3.76. The van der Waals surface area contributed by atoms with Crippen molar-refractivity contribution in [1.29, 1.82) is 0 Å². The van der Waals surface area contributed by atoms with Gasteiger partial charge in [-0.1, -0.05) is 66.7 Å². The van der Waals surface area contributed by atoms with Crippen LogP contribution in [0.1, 0.15) is 41.1 Å². The van der Waals surface area contributed by atoms with Crippen LogP contribution in [0.2, 0.25) is 0 Å². The van der Waals surface area contributed by atoms with E-state index in [0.717, 1.165) is 60.9 Å². The van der Waals surface area contributed by atoms with Crippen molar-refractivity contribution in [2.45, 2.75) is 62.5 Å². The summed E-state index contributed by atoms with van der Waals surface area (Å²) < 4.78 is 22.3. The Bertz CT molecular complexity index is 1510. The minimum Gasteiger partial charge on any atom is -0.492 e.